The molecule has 4 aromatic rings. The highest BCUT2D eigenvalue weighted by Crippen LogP contribution is 2.31. The maximum Gasteiger partial charge on any atom is 0.416 e. The van der Waals surface area contributed by atoms with Gasteiger partial charge in [-0.1, -0.05) is 6.07 Å². The van der Waals surface area contributed by atoms with Crippen LogP contribution in [-0.4, -0.2) is 15.0 Å². The Hall–Kier alpha value is -3.62. The number of H-pyrrole nitrogens is 1. The molecule has 0 bridgehead atoms. The molecule has 0 aliphatic rings. The first kappa shape index (κ1) is 16.8. The van der Waals surface area contributed by atoms with E-state index in [0.717, 1.165) is 12.1 Å². The molecule has 0 amide bonds. The van der Waals surface area contributed by atoms with Gasteiger partial charge in [0.25, 0.3) is 5.56 Å². The van der Waals surface area contributed by atoms with Gasteiger partial charge in [0.1, 0.15) is 5.76 Å². The first-order valence-corrected chi connectivity index (χ1v) is 7.79. The molecule has 9 heteroatoms. The number of benzene rings is 1. The number of pyridine rings is 1. The molecule has 0 atom stereocenters. The molecule has 0 aliphatic carbocycles. The van der Waals surface area contributed by atoms with E-state index in [1.165, 1.54) is 24.6 Å². The Morgan fingerprint density at radius 2 is 1.96 bits per heavy atom. The predicted octanol–water partition coefficient (Wildman–Crippen LogP) is 4.34. The Bertz CT molecular complexity index is 1170. The molecule has 6 nitrogen and oxygen atoms in total. The Kier molecular flexibility index (Phi) is 3.91. The fraction of sp³-hybridized carbons (Fsp3) is 0.0556. The van der Waals surface area contributed by atoms with Gasteiger partial charge in [0, 0.05) is 17.4 Å². The highest BCUT2D eigenvalue weighted by molar-refractivity contribution is 5.90. The number of hydrogen-bond acceptors (Lipinski definition) is 5. The fourth-order valence-corrected chi connectivity index (χ4v) is 2.67. The quantitative estimate of drug-likeness (QED) is 0.559. The van der Waals surface area contributed by atoms with Gasteiger partial charge in [-0.05, 0) is 36.4 Å². The molecule has 1 aromatic carbocycles. The smallest absolute Gasteiger partial charge is 0.416 e. The maximum atomic E-state index is 12.8. The molecule has 27 heavy (non-hydrogen) atoms. The average Bonchev–Trinajstić information content (AvgIpc) is 3.15. The molecule has 0 unspecified atom stereocenters. The second-order valence-corrected chi connectivity index (χ2v) is 5.65. The number of nitrogens with one attached hydrogen (secondary N) is 2. The van der Waals surface area contributed by atoms with Gasteiger partial charge in [0.05, 0.1) is 17.2 Å². The number of halogens is 3. The first-order chi connectivity index (χ1) is 12.9. The van der Waals surface area contributed by atoms with Gasteiger partial charge in [0.15, 0.2) is 5.65 Å². The van der Waals surface area contributed by atoms with Crippen LogP contribution >= 0.6 is 0 Å². The minimum absolute atomic E-state index is 0.0177. The molecule has 3 heterocycles. The lowest BCUT2D eigenvalue weighted by molar-refractivity contribution is -0.137. The van der Waals surface area contributed by atoms with Crippen molar-refractivity contribution in [3.63, 3.8) is 0 Å². The van der Waals surface area contributed by atoms with E-state index >= 15 is 0 Å². The average molecular weight is 372 g/mol. The van der Waals surface area contributed by atoms with Crippen LogP contribution in [-0.2, 0) is 6.18 Å². The van der Waals surface area contributed by atoms with E-state index in [-0.39, 0.29) is 22.7 Å². The molecular weight excluding hydrogens is 361 g/mol. The van der Waals surface area contributed by atoms with E-state index in [9.17, 15) is 18.0 Å². The second-order valence-electron chi connectivity index (χ2n) is 5.65. The SMILES string of the molecule is O=c1[nH]c(Nc2cccc(C(F)(F)F)c2)nc2nccc(-c3ccco3)c12. The number of alkyl halides is 3. The van der Waals surface area contributed by atoms with Crippen LogP contribution in [0, 0.1) is 0 Å². The number of nitrogens with zero attached hydrogens (tertiary/aromatic N) is 2. The number of aromatic nitrogens is 3. The van der Waals surface area contributed by atoms with Crippen molar-refractivity contribution in [1.82, 2.24) is 15.0 Å². The highest BCUT2D eigenvalue weighted by Gasteiger charge is 2.30. The van der Waals surface area contributed by atoms with E-state index in [4.69, 9.17) is 4.42 Å². The van der Waals surface area contributed by atoms with Crippen LogP contribution in [0.1, 0.15) is 5.56 Å². The Morgan fingerprint density at radius 1 is 1.11 bits per heavy atom. The van der Waals surface area contributed by atoms with Crippen molar-refractivity contribution in [2.24, 2.45) is 0 Å². The number of aromatic amines is 1. The number of furan rings is 1. The van der Waals surface area contributed by atoms with Crippen molar-refractivity contribution in [3.05, 3.63) is 70.8 Å². The summed E-state index contributed by atoms with van der Waals surface area (Å²) in [4.78, 5) is 23.3. The van der Waals surface area contributed by atoms with Crippen LogP contribution in [0.25, 0.3) is 22.4 Å². The summed E-state index contributed by atoms with van der Waals surface area (Å²) >= 11 is 0. The van der Waals surface area contributed by atoms with Crippen molar-refractivity contribution in [2.45, 2.75) is 6.18 Å². The summed E-state index contributed by atoms with van der Waals surface area (Å²) < 4.78 is 43.8. The summed E-state index contributed by atoms with van der Waals surface area (Å²) in [6.45, 7) is 0. The highest BCUT2D eigenvalue weighted by atomic mass is 19.4. The summed E-state index contributed by atoms with van der Waals surface area (Å²) in [6, 6.07) is 9.59. The molecule has 0 aliphatic heterocycles. The minimum atomic E-state index is -4.47. The third-order valence-corrected chi connectivity index (χ3v) is 3.85. The maximum absolute atomic E-state index is 12.8. The van der Waals surface area contributed by atoms with E-state index in [0.29, 0.717) is 11.3 Å². The van der Waals surface area contributed by atoms with Crippen LogP contribution in [0.2, 0.25) is 0 Å². The monoisotopic (exact) mass is 372 g/mol. The van der Waals surface area contributed by atoms with Crippen LogP contribution in [0.5, 0.6) is 0 Å². The van der Waals surface area contributed by atoms with Crippen molar-refractivity contribution in [2.75, 3.05) is 5.32 Å². The van der Waals surface area contributed by atoms with E-state index in [1.54, 1.807) is 18.2 Å². The van der Waals surface area contributed by atoms with Crippen molar-refractivity contribution >= 4 is 22.7 Å². The molecule has 0 spiro atoms. The Morgan fingerprint density at radius 3 is 2.70 bits per heavy atom. The molecule has 0 saturated heterocycles. The van der Waals surface area contributed by atoms with E-state index in [1.807, 2.05) is 0 Å². The standard InChI is InChI=1S/C18H11F3N4O2/c19-18(20,21)10-3-1-4-11(9-10)23-17-24-15-14(16(26)25-17)12(6-7-22-15)13-5-2-8-27-13/h1-9H,(H2,22,23,24,25,26). The lowest BCUT2D eigenvalue weighted by Crippen LogP contribution is -2.13. The van der Waals surface area contributed by atoms with E-state index < -0.39 is 17.3 Å². The molecule has 0 saturated carbocycles. The van der Waals surface area contributed by atoms with Gasteiger partial charge in [0.2, 0.25) is 5.95 Å². The van der Waals surface area contributed by atoms with Gasteiger partial charge < -0.3 is 9.73 Å². The third kappa shape index (κ3) is 3.26. The van der Waals surface area contributed by atoms with Gasteiger partial charge in [-0.25, -0.2) is 4.98 Å². The predicted molar refractivity (Wildman–Crippen MR) is 92.6 cm³/mol. The zero-order valence-electron chi connectivity index (χ0n) is 13.5. The lowest BCUT2D eigenvalue weighted by Gasteiger charge is -2.10. The Balaban J connectivity index is 1.76. The van der Waals surface area contributed by atoms with Gasteiger partial charge in [-0.15, -0.1) is 0 Å². The molecule has 2 N–H and O–H groups in total. The summed E-state index contributed by atoms with van der Waals surface area (Å²) in [5.74, 6) is 0.462. The largest absolute Gasteiger partial charge is 0.464 e. The molecule has 0 radical (unpaired) electrons. The lowest BCUT2D eigenvalue weighted by atomic mass is 10.1. The summed E-state index contributed by atoms with van der Waals surface area (Å²) in [6.07, 6.45) is -1.52. The van der Waals surface area contributed by atoms with Crippen LogP contribution in [0.4, 0.5) is 24.8 Å². The summed E-state index contributed by atoms with van der Waals surface area (Å²) in [7, 11) is 0. The van der Waals surface area contributed by atoms with Gasteiger partial charge >= 0.3 is 6.18 Å². The molecule has 136 valence electrons. The number of rotatable bonds is 3. The van der Waals surface area contributed by atoms with Crippen molar-refractivity contribution in [1.29, 1.82) is 0 Å². The van der Waals surface area contributed by atoms with Crippen LogP contribution < -0.4 is 10.9 Å². The minimum Gasteiger partial charge on any atom is -0.464 e. The van der Waals surface area contributed by atoms with Crippen molar-refractivity contribution < 1.29 is 17.6 Å². The second kappa shape index (κ2) is 6.27. The number of hydrogen-bond donors (Lipinski definition) is 2. The van der Waals surface area contributed by atoms with Crippen LogP contribution in [0.15, 0.2) is 64.1 Å². The zero-order valence-corrected chi connectivity index (χ0v) is 13.5. The molecule has 3 aromatic heterocycles. The molecule has 0 fully saturated rings. The molecular formula is C18H11F3N4O2. The zero-order chi connectivity index (χ0) is 19.0. The summed E-state index contributed by atoms with van der Waals surface area (Å²) in [5, 5.41) is 2.90. The van der Waals surface area contributed by atoms with Crippen molar-refractivity contribution in [3.8, 4) is 11.3 Å². The Labute approximate surface area is 149 Å². The van der Waals surface area contributed by atoms with Crippen LogP contribution in [0.3, 0.4) is 0 Å². The third-order valence-electron chi connectivity index (χ3n) is 3.85. The van der Waals surface area contributed by atoms with Gasteiger partial charge in [-0.2, -0.15) is 18.2 Å². The first-order valence-electron chi connectivity index (χ1n) is 7.79. The normalized spacial score (nSPS) is 11.7. The number of fused-ring (bicyclic) bond motifs is 1. The summed E-state index contributed by atoms with van der Waals surface area (Å²) in [5.41, 5.74) is -0.510. The van der Waals surface area contributed by atoms with E-state index in [2.05, 4.69) is 20.3 Å². The number of anilines is 2. The topological polar surface area (TPSA) is 83.8 Å². The molecule has 4 rings (SSSR count). The fourth-order valence-electron chi connectivity index (χ4n) is 2.67. The van der Waals surface area contributed by atoms with Gasteiger partial charge in [-0.3, -0.25) is 9.78 Å².